The van der Waals surface area contributed by atoms with Crippen LogP contribution in [0.25, 0.3) is 0 Å². The molecule has 3 atom stereocenters. The third-order valence-corrected chi connectivity index (χ3v) is 2.56. The lowest BCUT2D eigenvalue weighted by Gasteiger charge is -2.17. The van der Waals surface area contributed by atoms with Crippen LogP contribution in [0, 0.1) is 5.92 Å². The normalized spacial score (nSPS) is 31.8. The Balaban J connectivity index is 2.44. The predicted molar refractivity (Wildman–Crippen MR) is 50.8 cm³/mol. The Morgan fingerprint density at radius 1 is 1.57 bits per heavy atom. The van der Waals surface area contributed by atoms with Crippen LogP contribution in [0.4, 0.5) is 0 Å². The van der Waals surface area contributed by atoms with Gasteiger partial charge in [0.2, 0.25) is 0 Å². The van der Waals surface area contributed by atoms with Gasteiger partial charge in [-0.1, -0.05) is 6.92 Å². The molecule has 1 saturated heterocycles. The van der Waals surface area contributed by atoms with Crippen molar-refractivity contribution in [2.75, 3.05) is 13.2 Å². The minimum Gasteiger partial charge on any atom is -0.466 e. The lowest BCUT2D eigenvalue weighted by atomic mass is 9.94. The second-order valence-electron chi connectivity index (χ2n) is 3.52. The molecule has 0 amide bonds. The molecule has 0 aromatic heterocycles. The summed E-state index contributed by atoms with van der Waals surface area (Å²) in [4.78, 5) is 11.2. The highest BCUT2D eigenvalue weighted by molar-refractivity contribution is 5.69. The molecule has 0 saturated carbocycles. The SMILES string of the molecule is CCOC(=O)CC1C(O)CO[C@@H]1CC. The average Bonchev–Trinajstić information content (AvgIpc) is 2.48. The Bertz CT molecular complexity index is 193. The molecule has 1 aliphatic heterocycles. The summed E-state index contributed by atoms with van der Waals surface area (Å²) >= 11 is 0. The van der Waals surface area contributed by atoms with Crippen LogP contribution >= 0.6 is 0 Å². The molecule has 1 rings (SSSR count). The van der Waals surface area contributed by atoms with Crippen molar-refractivity contribution >= 4 is 5.97 Å². The molecule has 1 N–H and O–H groups in total. The number of carbonyl (C=O) groups is 1. The van der Waals surface area contributed by atoms with E-state index < -0.39 is 6.10 Å². The molecule has 4 heteroatoms. The Morgan fingerprint density at radius 2 is 2.29 bits per heavy atom. The predicted octanol–water partition coefficient (Wildman–Crippen LogP) is 0.726. The maximum atomic E-state index is 11.2. The number of hydrogen-bond donors (Lipinski definition) is 1. The van der Waals surface area contributed by atoms with Crippen LogP contribution in [0.2, 0.25) is 0 Å². The van der Waals surface area contributed by atoms with Gasteiger partial charge in [0.1, 0.15) is 0 Å². The number of aliphatic hydroxyl groups is 1. The molecule has 14 heavy (non-hydrogen) atoms. The fourth-order valence-electron chi connectivity index (χ4n) is 1.82. The van der Waals surface area contributed by atoms with E-state index in [1.165, 1.54) is 0 Å². The van der Waals surface area contributed by atoms with Gasteiger partial charge in [-0.15, -0.1) is 0 Å². The van der Waals surface area contributed by atoms with Gasteiger partial charge in [0.05, 0.1) is 31.8 Å². The quantitative estimate of drug-likeness (QED) is 0.683. The molecule has 1 aliphatic rings. The van der Waals surface area contributed by atoms with E-state index in [0.29, 0.717) is 13.2 Å². The van der Waals surface area contributed by atoms with Crippen LogP contribution in [-0.2, 0) is 14.3 Å². The first-order chi connectivity index (χ1) is 6.69. The van der Waals surface area contributed by atoms with Crippen molar-refractivity contribution in [3.63, 3.8) is 0 Å². The van der Waals surface area contributed by atoms with Crippen LogP contribution in [0.15, 0.2) is 0 Å². The molecule has 0 spiro atoms. The second-order valence-corrected chi connectivity index (χ2v) is 3.52. The second kappa shape index (κ2) is 5.32. The largest absolute Gasteiger partial charge is 0.466 e. The third-order valence-electron chi connectivity index (χ3n) is 2.56. The van der Waals surface area contributed by atoms with Crippen molar-refractivity contribution in [2.24, 2.45) is 5.92 Å². The summed E-state index contributed by atoms with van der Waals surface area (Å²) in [6.07, 6.45) is 0.549. The first kappa shape index (κ1) is 11.5. The van der Waals surface area contributed by atoms with E-state index in [-0.39, 0.29) is 24.4 Å². The summed E-state index contributed by atoms with van der Waals surface area (Å²) in [5, 5.41) is 9.57. The monoisotopic (exact) mass is 202 g/mol. The maximum Gasteiger partial charge on any atom is 0.306 e. The molecule has 82 valence electrons. The first-order valence-electron chi connectivity index (χ1n) is 5.14. The average molecular weight is 202 g/mol. The zero-order valence-corrected chi connectivity index (χ0v) is 8.73. The molecule has 0 aliphatic carbocycles. The van der Waals surface area contributed by atoms with Crippen molar-refractivity contribution in [2.45, 2.75) is 38.9 Å². The van der Waals surface area contributed by atoms with Crippen LogP contribution in [0.3, 0.4) is 0 Å². The highest BCUT2D eigenvalue weighted by atomic mass is 16.5. The van der Waals surface area contributed by atoms with Gasteiger partial charge in [-0.2, -0.15) is 0 Å². The minimum atomic E-state index is -0.524. The van der Waals surface area contributed by atoms with Gasteiger partial charge in [-0.05, 0) is 13.3 Å². The molecular formula is C10H18O4. The molecule has 1 heterocycles. The topological polar surface area (TPSA) is 55.8 Å². The number of carbonyl (C=O) groups excluding carboxylic acids is 1. The van der Waals surface area contributed by atoms with Gasteiger partial charge in [0, 0.05) is 5.92 Å². The van der Waals surface area contributed by atoms with Gasteiger partial charge in [-0.25, -0.2) is 0 Å². The molecule has 4 nitrogen and oxygen atoms in total. The van der Waals surface area contributed by atoms with E-state index in [1.807, 2.05) is 6.92 Å². The van der Waals surface area contributed by atoms with Gasteiger partial charge >= 0.3 is 5.97 Å². The van der Waals surface area contributed by atoms with Gasteiger partial charge in [0.15, 0.2) is 0 Å². The molecule has 0 radical (unpaired) electrons. The van der Waals surface area contributed by atoms with Gasteiger partial charge in [-0.3, -0.25) is 4.79 Å². The summed E-state index contributed by atoms with van der Waals surface area (Å²) < 4.78 is 10.2. The van der Waals surface area contributed by atoms with Crippen LogP contribution in [0.5, 0.6) is 0 Å². The van der Waals surface area contributed by atoms with E-state index in [2.05, 4.69) is 0 Å². The van der Waals surface area contributed by atoms with E-state index in [4.69, 9.17) is 9.47 Å². The third kappa shape index (κ3) is 2.69. The molecule has 0 bridgehead atoms. The van der Waals surface area contributed by atoms with E-state index >= 15 is 0 Å². The zero-order valence-electron chi connectivity index (χ0n) is 8.73. The summed E-state index contributed by atoms with van der Waals surface area (Å²) in [6, 6.07) is 0. The highest BCUT2D eigenvalue weighted by Crippen LogP contribution is 2.27. The van der Waals surface area contributed by atoms with Crippen molar-refractivity contribution in [1.29, 1.82) is 0 Å². The molecular weight excluding hydrogens is 184 g/mol. The zero-order chi connectivity index (χ0) is 10.6. The number of rotatable bonds is 4. The van der Waals surface area contributed by atoms with E-state index in [9.17, 15) is 9.90 Å². The fourth-order valence-corrected chi connectivity index (χ4v) is 1.82. The summed E-state index contributed by atoms with van der Waals surface area (Å²) in [5.74, 6) is -0.348. The maximum absolute atomic E-state index is 11.2. The van der Waals surface area contributed by atoms with Gasteiger partial charge < -0.3 is 14.6 Å². The standard InChI is InChI=1S/C10H18O4/c1-3-9-7(8(11)6-14-9)5-10(12)13-4-2/h7-9,11H,3-6H2,1-2H3/t7?,8?,9-/m1/s1. The molecule has 0 aromatic rings. The van der Waals surface area contributed by atoms with Crippen molar-refractivity contribution < 1.29 is 19.4 Å². The van der Waals surface area contributed by atoms with Crippen LogP contribution in [0.1, 0.15) is 26.7 Å². The lowest BCUT2D eigenvalue weighted by Crippen LogP contribution is -2.27. The fraction of sp³-hybridized carbons (Fsp3) is 0.900. The van der Waals surface area contributed by atoms with Crippen LogP contribution < -0.4 is 0 Å². The molecule has 0 aromatic carbocycles. The number of aliphatic hydroxyl groups excluding tert-OH is 1. The van der Waals surface area contributed by atoms with Crippen molar-refractivity contribution in [3.05, 3.63) is 0 Å². The lowest BCUT2D eigenvalue weighted by molar-refractivity contribution is -0.145. The molecule has 1 fully saturated rings. The molecule has 2 unspecified atom stereocenters. The summed E-state index contributed by atoms with van der Waals surface area (Å²) in [6.45, 7) is 4.49. The Hall–Kier alpha value is -0.610. The Kier molecular flexibility index (Phi) is 4.35. The van der Waals surface area contributed by atoms with E-state index in [1.54, 1.807) is 6.92 Å². The number of ether oxygens (including phenoxy) is 2. The Morgan fingerprint density at radius 3 is 2.86 bits per heavy atom. The first-order valence-corrected chi connectivity index (χ1v) is 5.14. The smallest absolute Gasteiger partial charge is 0.306 e. The summed E-state index contributed by atoms with van der Waals surface area (Å²) in [7, 11) is 0. The van der Waals surface area contributed by atoms with E-state index in [0.717, 1.165) is 6.42 Å². The highest BCUT2D eigenvalue weighted by Gasteiger charge is 2.36. The summed E-state index contributed by atoms with van der Waals surface area (Å²) in [5.41, 5.74) is 0. The number of esters is 1. The minimum absolute atomic E-state index is 0.00518. The van der Waals surface area contributed by atoms with Crippen molar-refractivity contribution in [3.8, 4) is 0 Å². The van der Waals surface area contributed by atoms with Gasteiger partial charge in [0.25, 0.3) is 0 Å². The number of hydrogen-bond acceptors (Lipinski definition) is 4. The Labute approximate surface area is 84.2 Å². The van der Waals surface area contributed by atoms with Crippen LogP contribution in [-0.4, -0.2) is 36.5 Å². The van der Waals surface area contributed by atoms with Crippen molar-refractivity contribution in [1.82, 2.24) is 0 Å².